The zero-order chi connectivity index (χ0) is 16.7. The first-order valence-corrected chi connectivity index (χ1v) is 8.42. The summed E-state index contributed by atoms with van der Waals surface area (Å²) in [5.41, 5.74) is 1.19. The fourth-order valence-electron chi connectivity index (χ4n) is 2.74. The molecule has 0 saturated carbocycles. The van der Waals surface area contributed by atoms with Crippen LogP contribution in [0.5, 0.6) is 0 Å². The third-order valence-electron chi connectivity index (χ3n) is 3.96. The molecule has 1 aliphatic heterocycles. The molecule has 1 amide bonds. The molecule has 7 nitrogen and oxygen atoms in total. The molecule has 1 fully saturated rings. The summed E-state index contributed by atoms with van der Waals surface area (Å²) < 4.78 is 1.81. The first kappa shape index (κ1) is 20.7. The third-order valence-corrected chi connectivity index (χ3v) is 3.96. The standard InChI is InChI=1S/C16H28N6O.HI/c1-4-15(23)22-9-7-14(12-22)20-16(17-5-2)18-8-6-13-10-19-21(3)11-13;/h10-11,14H,4-9,12H2,1-3H3,(H2,17,18,20);1H. The molecular weight excluding hydrogens is 419 g/mol. The lowest BCUT2D eigenvalue weighted by Crippen LogP contribution is -2.45. The van der Waals surface area contributed by atoms with Crippen molar-refractivity contribution in [3.8, 4) is 0 Å². The maximum Gasteiger partial charge on any atom is 0.222 e. The predicted octanol–water partition coefficient (Wildman–Crippen LogP) is 1.15. The number of guanidine groups is 1. The SMILES string of the molecule is CCNC(=NCCc1cnn(C)c1)NC1CCN(C(=O)CC)C1.I. The lowest BCUT2D eigenvalue weighted by molar-refractivity contribution is -0.129. The van der Waals surface area contributed by atoms with Gasteiger partial charge in [0, 0.05) is 51.9 Å². The minimum atomic E-state index is 0. The van der Waals surface area contributed by atoms with Gasteiger partial charge in [0.1, 0.15) is 0 Å². The average Bonchev–Trinajstić information content (AvgIpc) is 3.16. The number of amides is 1. The van der Waals surface area contributed by atoms with Crippen molar-refractivity contribution >= 4 is 35.8 Å². The van der Waals surface area contributed by atoms with Crippen LogP contribution < -0.4 is 10.6 Å². The summed E-state index contributed by atoms with van der Waals surface area (Å²) in [4.78, 5) is 18.3. The van der Waals surface area contributed by atoms with Gasteiger partial charge in [0.15, 0.2) is 5.96 Å². The molecule has 136 valence electrons. The van der Waals surface area contributed by atoms with Crippen LogP contribution in [-0.4, -0.2) is 58.8 Å². The Hall–Kier alpha value is -1.32. The Morgan fingerprint density at radius 1 is 1.46 bits per heavy atom. The number of carbonyl (C=O) groups is 1. The third kappa shape index (κ3) is 6.29. The molecule has 0 spiro atoms. The molecule has 1 aliphatic rings. The smallest absolute Gasteiger partial charge is 0.222 e. The highest BCUT2D eigenvalue weighted by Gasteiger charge is 2.25. The van der Waals surface area contributed by atoms with E-state index in [9.17, 15) is 4.79 Å². The van der Waals surface area contributed by atoms with Crippen molar-refractivity contribution in [2.24, 2.45) is 12.0 Å². The van der Waals surface area contributed by atoms with Crippen molar-refractivity contribution in [2.45, 2.75) is 39.2 Å². The number of hydrogen-bond donors (Lipinski definition) is 2. The number of carbonyl (C=O) groups excluding carboxylic acids is 1. The number of nitrogens with zero attached hydrogens (tertiary/aromatic N) is 4. The largest absolute Gasteiger partial charge is 0.357 e. The van der Waals surface area contributed by atoms with E-state index in [4.69, 9.17) is 0 Å². The maximum atomic E-state index is 11.7. The second kappa shape index (κ2) is 10.5. The van der Waals surface area contributed by atoms with E-state index in [2.05, 4.69) is 27.6 Å². The average molecular weight is 448 g/mol. The Balaban J connectivity index is 0.00000288. The van der Waals surface area contributed by atoms with E-state index in [1.165, 1.54) is 5.56 Å². The van der Waals surface area contributed by atoms with E-state index in [1.54, 1.807) is 4.68 Å². The molecule has 1 aromatic rings. The molecule has 8 heteroatoms. The normalized spacial score (nSPS) is 17.5. The van der Waals surface area contributed by atoms with Gasteiger partial charge in [0.25, 0.3) is 0 Å². The van der Waals surface area contributed by atoms with Gasteiger partial charge in [-0.05, 0) is 25.3 Å². The fraction of sp³-hybridized carbons (Fsp3) is 0.688. The first-order chi connectivity index (χ1) is 11.1. The molecule has 0 aromatic carbocycles. The molecule has 2 heterocycles. The van der Waals surface area contributed by atoms with Gasteiger partial charge < -0.3 is 15.5 Å². The minimum absolute atomic E-state index is 0. The van der Waals surface area contributed by atoms with Crippen molar-refractivity contribution in [1.82, 2.24) is 25.3 Å². The number of likely N-dealkylation sites (tertiary alicyclic amines) is 1. The molecule has 1 saturated heterocycles. The number of hydrogen-bond acceptors (Lipinski definition) is 3. The van der Waals surface area contributed by atoms with Crippen molar-refractivity contribution in [1.29, 1.82) is 0 Å². The van der Waals surface area contributed by atoms with Crippen LogP contribution in [0.15, 0.2) is 17.4 Å². The minimum Gasteiger partial charge on any atom is -0.357 e. The number of halogens is 1. The summed E-state index contributed by atoms with van der Waals surface area (Å²) >= 11 is 0. The molecule has 0 radical (unpaired) electrons. The zero-order valence-corrected chi connectivity index (χ0v) is 17.1. The summed E-state index contributed by atoms with van der Waals surface area (Å²) in [7, 11) is 1.92. The summed E-state index contributed by atoms with van der Waals surface area (Å²) in [6, 6.07) is 0.279. The number of nitrogens with one attached hydrogen (secondary N) is 2. The van der Waals surface area contributed by atoms with Crippen LogP contribution in [-0.2, 0) is 18.3 Å². The van der Waals surface area contributed by atoms with Crippen molar-refractivity contribution in [3.63, 3.8) is 0 Å². The number of aromatic nitrogens is 2. The molecule has 1 aromatic heterocycles. The summed E-state index contributed by atoms with van der Waals surface area (Å²) in [6.07, 6.45) is 6.31. The highest BCUT2D eigenvalue weighted by Crippen LogP contribution is 2.10. The highest BCUT2D eigenvalue weighted by atomic mass is 127. The molecule has 2 N–H and O–H groups in total. The Bertz CT molecular complexity index is 544. The molecule has 1 unspecified atom stereocenters. The van der Waals surface area contributed by atoms with E-state index < -0.39 is 0 Å². The topological polar surface area (TPSA) is 74.6 Å². The van der Waals surface area contributed by atoms with Crippen LogP contribution in [0, 0.1) is 0 Å². The molecular formula is C16H29IN6O. The van der Waals surface area contributed by atoms with Gasteiger partial charge in [-0.1, -0.05) is 6.92 Å². The first-order valence-electron chi connectivity index (χ1n) is 8.42. The van der Waals surface area contributed by atoms with Crippen molar-refractivity contribution in [2.75, 3.05) is 26.2 Å². The number of aryl methyl sites for hydroxylation is 1. The molecule has 2 rings (SSSR count). The molecule has 0 aliphatic carbocycles. The molecule has 0 bridgehead atoms. The summed E-state index contributed by atoms with van der Waals surface area (Å²) in [5, 5.41) is 10.9. The van der Waals surface area contributed by atoms with E-state index >= 15 is 0 Å². The van der Waals surface area contributed by atoms with Crippen LogP contribution in [0.4, 0.5) is 0 Å². The predicted molar refractivity (Wildman–Crippen MR) is 107 cm³/mol. The second-order valence-corrected chi connectivity index (χ2v) is 5.86. The van der Waals surface area contributed by atoms with Gasteiger partial charge >= 0.3 is 0 Å². The highest BCUT2D eigenvalue weighted by molar-refractivity contribution is 14.0. The van der Waals surface area contributed by atoms with E-state index in [1.807, 2.05) is 31.3 Å². The van der Waals surface area contributed by atoms with Gasteiger partial charge in [-0.15, -0.1) is 24.0 Å². The quantitative estimate of drug-likeness (QED) is 0.389. The summed E-state index contributed by atoms with van der Waals surface area (Å²) in [5.74, 6) is 1.06. The van der Waals surface area contributed by atoms with E-state index in [-0.39, 0.29) is 35.9 Å². The number of rotatable bonds is 6. The second-order valence-electron chi connectivity index (χ2n) is 5.86. The van der Waals surface area contributed by atoms with Crippen LogP contribution in [0.2, 0.25) is 0 Å². The summed E-state index contributed by atoms with van der Waals surface area (Å²) in [6.45, 7) is 7.10. The van der Waals surface area contributed by atoms with Crippen LogP contribution in [0.1, 0.15) is 32.3 Å². The number of aliphatic imine (C=N–C) groups is 1. The Morgan fingerprint density at radius 2 is 2.25 bits per heavy atom. The van der Waals surface area contributed by atoms with Crippen molar-refractivity contribution < 1.29 is 4.79 Å². The fourth-order valence-corrected chi connectivity index (χ4v) is 2.74. The van der Waals surface area contributed by atoms with Gasteiger partial charge in [0.2, 0.25) is 5.91 Å². The molecule has 1 atom stereocenters. The lowest BCUT2D eigenvalue weighted by Gasteiger charge is -2.18. The van der Waals surface area contributed by atoms with Crippen LogP contribution in [0.3, 0.4) is 0 Å². The van der Waals surface area contributed by atoms with Crippen LogP contribution in [0.25, 0.3) is 0 Å². The monoisotopic (exact) mass is 448 g/mol. The van der Waals surface area contributed by atoms with Crippen molar-refractivity contribution in [3.05, 3.63) is 18.0 Å². The van der Waals surface area contributed by atoms with E-state index in [0.717, 1.165) is 38.4 Å². The van der Waals surface area contributed by atoms with Gasteiger partial charge in [0.05, 0.1) is 6.20 Å². The van der Waals surface area contributed by atoms with Gasteiger partial charge in [-0.3, -0.25) is 14.5 Å². The lowest BCUT2D eigenvalue weighted by atomic mass is 10.2. The Kier molecular flexibility index (Phi) is 9.09. The van der Waals surface area contributed by atoms with Crippen LogP contribution >= 0.6 is 24.0 Å². The Labute approximate surface area is 161 Å². The maximum absolute atomic E-state index is 11.7. The van der Waals surface area contributed by atoms with Gasteiger partial charge in [-0.2, -0.15) is 5.10 Å². The van der Waals surface area contributed by atoms with Gasteiger partial charge in [-0.25, -0.2) is 0 Å². The van der Waals surface area contributed by atoms with E-state index in [0.29, 0.717) is 13.0 Å². The molecule has 24 heavy (non-hydrogen) atoms. The zero-order valence-electron chi connectivity index (χ0n) is 14.8. The Morgan fingerprint density at radius 3 is 2.88 bits per heavy atom.